The van der Waals surface area contributed by atoms with Gasteiger partial charge in [0.2, 0.25) is 0 Å². The second-order valence-electron chi connectivity index (χ2n) is 14.9. The standard InChI is InChI=1S/C29H24NO.C20H20NSi.Ir/c1-3-8-20(9-4-1)22-14-15-24-25-12-7-13-26(29(25)31-28(24)19-22)27-18-23(16-17-30-27)21-10-5-2-6-11-21;1-22(2,3)19-12-13-20(21-15-19)18-11-7-10-17(14-18)16-8-5-4-6-9-16;/h1,3-4,7-9,12,14-19,21H,2,5-6,10-11H2;4-10,12-15H,1-3H3;/q2*-1;/i21D;;. The van der Waals surface area contributed by atoms with Crippen LogP contribution in [0.5, 0.6) is 0 Å². The van der Waals surface area contributed by atoms with E-state index in [0.29, 0.717) is 0 Å². The molecule has 271 valence electrons. The van der Waals surface area contributed by atoms with Crippen LogP contribution in [-0.2, 0) is 20.1 Å². The van der Waals surface area contributed by atoms with Crippen LogP contribution in [0.25, 0.3) is 66.7 Å². The molecule has 5 aromatic carbocycles. The van der Waals surface area contributed by atoms with Crippen molar-refractivity contribution in [2.75, 3.05) is 0 Å². The monoisotopic (exact) mass is 898 g/mol. The smallest absolute Gasteiger partial charge is 0.121 e. The van der Waals surface area contributed by atoms with E-state index in [2.05, 4.69) is 145 Å². The second kappa shape index (κ2) is 16.6. The van der Waals surface area contributed by atoms with Crippen molar-refractivity contribution in [3.8, 4) is 44.8 Å². The van der Waals surface area contributed by atoms with E-state index in [1.165, 1.54) is 28.3 Å². The minimum Gasteiger partial charge on any atom is -0.501 e. The maximum Gasteiger partial charge on any atom is 0.121 e. The van der Waals surface area contributed by atoms with E-state index in [0.717, 1.165) is 81.3 Å². The molecule has 3 nitrogen and oxygen atoms in total. The van der Waals surface area contributed by atoms with Crippen LogP contribution < -0.4 is 5.19 Å². The van der Waals surface area contributed by atoms with E-state index < -0.39 is 14.0 Å². The van der Waals surface area contributed by atoms with Crippen molar-refractivity contribution in [3.05, 3.63) is 164 Å². The fourth-order valence-electron chi connectivity index (χ4n) is 7.22. The first-order chi connectivity index (χ1) is 26.2. The fraction of sp³-hybridized carbons (Fsp3) is 0.184. The molecule has 0 unspecified atom stereocenters. The average Bonchev–Trinajstić information content (AvgIpc) is 3.60. The Morgan fingerprint density at radius 3 is 2.04 bits per heavy atom. The van der Waals surface area contributed by atoms with Crippen molar-refractivity contribution in [1.82, 2.24) is 9.97 Å². The molecule has 0 aliphatic heterocycles. The van der Waals surface area contributed by atoms with Crippen molar-refractivity contribution >= 4 is 35.2 Å². The molecule has 0 spiro atoms. The van der Waals surface area contributed by atoms with Gasteiger partial charge in [-0.05, 0) is 64.1 Å². The van der Waals surface area contributed by atoms with E-state index >= 15 is 0 Å². The second-order valence-corrected chi connectivity index (χ2v) is 20.0. The molecule has 0 N–H and O–H groups in total. The minimum absolute atomic E-state index is 0. The number of fused-ring (bicyclic) bond motifs is 3. The molecule has 0 atom stereocenters. The number of rotatable bonds is 6. The van der Waals surface area contributed by atoms with Gasteiger partial charge in [-0.2, -0.15) is 0 Å². The molecule has 1 aliphatic carbocycles. The van der Waals surface area contributed by atoms with Crippen molar-refractivity contribution in [2.45, 2.75) is 57.6 Å². The minimum atomic E-state index is -1.29. The van der Waals surface area contributed by atoms with Gasteiger partial charge in [-0.15, -0.1) is 53.6 Å². The molecule has 5 heteroatoms. The third kappa shape index (κ3) is 8.24. The Labute approximate surface area is 335 Å². The molecular formula is C49H44IrN2OSi-2. The van der Waals surface area contributed by atoms with Gasteiger partial charge in [0.05, 0.1) is 13.7 Å². The molecule has 1 saturated carbocycles. The summed E-state index contributed by atoms with van der Waals surface area (Å²) in [5, 5.41) is 3.55. The molecular weight excluding hydrogens is 853 g/mol. The van der Waals surface area contributed by atoms with E-state index in [1.54, 1.807) is 0 Å². The summed E-state index contributed by atoms with van der Waals surface area (Å²) in [5.74, 6) is -0.512. The molecule has 0 amide bonds. The van der Waals surface area contributed by atoms with Gasteiger partial charge in [0.25, 0.3) is 0 Å². The van der Waals surface area contributed by atoms with Crippen LogP contribution in [0, 0.1) is 12.1 Å². The number of hydrogen-bond donors (Lipinski definition) is 0. The van der Waals surface area contributed by atoms with Crippen LogP contribution in [0.4, 0.5) is 0 Å². The summed E-state index contributed by atoms with van der Waals surface area (Å²) in [4.78, 5) is 9.30. The normalized spacial score (nSPS) is 14.1. The largest absolute Gasteiger partial charge is 0.501 e. The zero-order valence-corrected chi connectivity index (χ0v) is 34.4. The molecule has 54 heavy (non-hydrogen) atoms. The van der Waals surface area contributed by atoms with Gasteiger partial charge in [-0.3, -0.25) is 0 Å². The molecule has 9 rings (SSSR count). The zero-order valence-electron chi connectivity index (χ0n) is 32.0. The van der Waals surface area contributed by atoms with E-state index in [9.17, 15) is 0 Å². The summed E-state index contributed by atoms with van der Waals surface area (Å²) in [5.41, 5.74) is 11.2. The first-order valence-electron chi connectivity index (χ1n) is 19.2. The summed E-state index contributed by atoms with van der Waals surface area (Å²) in [7, 11) is -1.29. The molecule has 0 saturated heterocycles. The fourth-order valence-corrected chi connectivity index (χ4v) is 8.25. The number of furan rings is 1. The Kier molecular flexibility index (Phi) is 11.1. The Morgan fingerprint density at radius 1 is 0.648 bits per heavy atom. The number of hydrogen-bond acceptors (Lipinski definition) is 3. The van der Waals surface area contributed by atoms with Crippen LogP contribution in [0.3, 0.4) is 0 Å². The van der Waals surface area contributed by atoms with Gasteiger partial charge in [0.1, 0.15) is 5.58 Å². The maximum absolute atomic E-state index is 9.02. The Bertz CT molecular complexity index is 2520. The van der Waals surface area contributed by atoms with Crippen molar-refractivity contribution in [3.63, 3.8) is 0 Å². The molecule has 3 heterocycles. The average molecular weight is 898 g/mol. The van der Waals surface area contributed by atoms with Crippen LogP contribution in [0.2, 0.25) is 19.6 Å². The first-order valence-corrected chi connectivity index (χ1v) is 22.2. The predicted octanol–water partition coefficient (Wildman–Crippen LogP) is 12.9. The quantitative estimate of drug-likeness (QED) is 0.123. The Hall–Kier alpha value is -4.93. The molecule has 8 aromatic rings. The summed E-state index contributed by atoms with van der Waals surface area (Å²) >= 11 is 0. The number of nitrogens with zero attached hydrogens (tertiary/aromatic N) is 2. The summed E-state index contributed by atoms with van der Waals surface area (Å²) in [6.07, 6.45) is 9.17. The molecule has 1 aliphatic rings. The first kappa shape index (κ1) is 36.1. The van der Waals surface area contributed by atoms with Crippen molar-refractivity contribution in [1.29, 1.82) is 0 Å². The van der Waals surface area contributed by atoms with Gasteiger partial charge in [0.15, 0.2) is 0 Å². The Morgan fingerprint density at radius 2 is 1.35 bits per heavy atom. The van der Waals surface area contributed by atoms with Gasteiger partial charge < -0.3 is 14.4 Å². The topological polar surface area (TPSA) is 38.9 Å². The SMILES string of the molecule is C[Si](C)(C)c1ccc(-c2[c-]ccc(-c3ccccc3)c2)nc1.[2H]C1(c2ccnc(-c3[c-]ccc4c3oc3cc(-c5ccccc5)ccc34)c2)CCCCC1.[Ir]. The predicted molar refractivity (Wildman–Crippen MR) is 224 cm³/mol. The third-order valence-corrected chi connectivity index (χ3v) is 12.3. The van der Waals surface area contributed by atoms with E-state index in [4.69, 9.17) is 5.79 Å². The van der Waals surface area contributed by atoms with Crippen LogP contribution in [0.15, 0.2) is 150 Å². The number of benzene rings is 5. The molecule has 3 aromatic heterocycles. The van der Waals surface area contributed by atoms with E-state index in [1.807, 2.05) is 42.7 Å². The van der Waals surface area contributed by atoms with Gasteiger partial charge in [-0.1, -0.05) is 146 Å². The summed E-state index contributed by atoms with van der Waals surface area (Å²) in [6.45, 7) is 7.02. The number of pyridine rings is 2. The van der Waals surface area contributed by atoms with Crippen molar-refractivity contribution < 1.29 is 25.9 Å². The van der Waals surface area contributed by atoms with E-state index in [-0.39, 0.29) is 20.1 Å². The van der Waals surface area contributed by atoms with Crippen LogP contribution >= 0.6 is 0 Å². The maximum atomic E-state index is 9.02. The molecule has 1 radical (unpaired) electrons. The number of aromatic nitrogens is 2. The third-order valence-electron chi connectivity index (χ3n) is 10.2. The molecule has 1 fully saturated rings. The molecule has 0 bridgehead atoms. The summed E-state index contributed by atoms with van der Waals surface area (Å²) < 4.78 is 15.4. The van der Waals surface area contributed by atoms with Crippen LogP contribution in [0.1, 0.15) is 44.9 Å². The van der Waals surface area contributed by atoms with Gasteiger partial charge >= 0.3 is 0 Å². The van der Waals surface area contributed by atoms with Gasteiger partial charge in [-0.25, -0.2) is 0 Å². The zero-order chi connectivity index (χ0) is 37.1. The van der Waals surface area contributed by atoms with Crippen molar-refractivity contribution in [2.24, 2.45) is 0 Å². The Balaban J connectivity index is 0.000000178. The van der Waals surface area contributed by atoms with Gasteiger partial charge in [0, 0.05) is 39.3 Å². The van der Waals surface area contributed by atoms with Crippen LogP contribution in [-0.4, -0.2) is 18.0 Å². The summed E-state index contributed by atoms with van der Waals surface area (Å²) in [6, 6.07) is 52.5.